The molecule has 0 radical (unpaired) electrons. The highest BCUT2D eigenvalue weighted by Gasteiger charge is 2.29. The maximum atomic E-state index is 14.4. The molecule has 0 aliphatic carbocycles. The van der Waals surface area contributed by atoms with E-state index in [1.165, 1.54) is 17.4 Å². The Kier molecular flexibility index (Phi) is 7.27. The van der Waals surface area contributed by atoms with Crippen molar-refractivity contribution >= 4 is 39.5 Å². The number of nitrogens with zero attached hydrogens (tertiary/aromatic N) is 4. The van der Waals surface area contributed by atoms with Crippen LogP contribution in [0.3, 0.4) is 0 Å². The first kappa shape index (κ1) is 27.3. The number of amides is 1. The molecule has 6 rings (SSSR count). The molecule has 1 atom stereocenters. The number of hydrogen-bond donors (Lipinski definition) is 0. The number of carbonyl (C=O) groups excluding carboxylic acids is 1. The summed E-state index contributed by atoms with van der Waals surface area (Å²) in [4.78, 5) is 28.0. The maximum absolute atomic E-state index is 14.4. The van der Waals surface area contributed by atoms with Crippen LogP contribution in [0.25, 0.3) is 44.4 Å². The van der Waals surface area contributed by atoms with Crippen LogP contribution in [0.15, 0.2) is 106 Å². The Morgan fingerprint density at radius 1 is 0.952 bits per heavy atom. The van der Waals surface area contributed by atoms with Gasteiger partial charge in [-0.25, -0.2) is 4.98 Å². The van der Waals surface area contributed by atoms with Gasteiger partial charge < -0.3 is 4.55 Å². The molecule has 1 unspecified atom stereocenters. The van der Waals surface area contributed by atoms with Crippen molar-refractivity contribution in [3.05, 3.63) is 123 Å². The summed E-state index contributed by atoms with van der Waals surface area (Å²) in [6, 6.07) is 30.7. The molecule has 9 heteroatoms. The van der Waals surface area contributed by atoms with Gasteiger partial charge in [-0.15, -0.1) is 16.2 Å². The monoisotopic (exact) mass is 586 g/mol. The molecular weight excluding hydrogens is 565 g/mol. The largest absolute Gasteiger partial charge is 0.587 e. The number of para-hydroxylation sites is 1. The number of aryl methyl sites for hydroxylation is 2. The standard InChI is InChI=1S/C33H22N4O3S2/c1-20-10-12-24(13-11-20)42(40)37-29-9-4-3-8-26(29)31(27-16-17-41-30(27)19-34)32(37)23-7-5-6-22(18-23)25-14-15-28(33(38)36-39)35-21(25)2/h3-18H,1-2H3. The molecule has 3 heterocycles. The van der Waals surface area contributed by atoms with E-state index < -0.39 is 17.3 Å². The van der Waals surface area contributed by atoms with Crippen molar-refractivity contribution in [2.45, 2.75) is 18.7 Å². The van der Waals surface area contributed by atoms with E-state index in [4.69, 9.17) is 0 Å². The zero-order chi connectivity index (χ0) is 29.4. The lowest BCUT2D eigenvalue weighted by Crippen LogP contribution is -2.14. The second-order valence-corrected chi connectivity index (χ2v) is 11.9. The maximum Gasteiger partial charge on any atom is 0.334 e. The molecule has 0 aliphatic heterocycles. The fourth-order valence-corrected chi connectivity index (χ4v) is 7.11. The lowest BCUT2D eigenvalue weighted by molar-refractivity contribution is 0.0996. The lowest BCUT2D eigenvalue weighted by Gasteiger charge is -2.17. The van der Waals surface area contributed by atoms with Crippen LogP contribution in [-0.2, 0) is 11.4 Å². The van der Waals surface area contributed by atoms with Crippen molar-refractivity contribution in [1.82, 2.24) is 8.96 Å². The number of aromatic nitrogens is 2. The lowest BCUT2D eigenvalue weighted by atomic mass is 9.96. The number of carbonyl (C=O) groups is 1. The van der Waals surface area contributed by atoms with E-state index in [-0.39, 0.29) is 5.69 Å². The van der Waals surface area contributed by atoms with Gasteiger partial charge in [0.2, 0.25) is 0 Å². The van der Waals surface area contributed by atoms with E-state index in [2.05, 4.69) is 16.2 Å². The van der Waals surface area contributed by atoms with Gasteiger partial charge in [-0.05, 0) is 61.2 Å². The number of nitriles is 1. The molecule has 42 heavy (non-hydrogen) atoms. The molecule has 0 spiro atoms. The second kappa shape index (κ2) is 11.2. The Hall–Kier alpha value is -4.88. The van der Waals surface area contributed by atoms with Gasteiger partial charge in [0.1, 0.15) is 33.7 Å². The zero-order valence-corrected chi connectivity index (χ0v) is 24.2. The van der Waals surface area contributed by atoms with Crippen LogP contribution in [0.5, 0.6) is 0 Å². The van der Waals surface area contributed by atoms with Crippen molar-refractivity contribution in [2.24, 2.45) is 5.18 Å². The molecular formula is C33H22N4O3S2. The van der Waals surface area contributed by atoms with Gasteiger partial charge in [0.15, 0.2) is 4.90 Å². The third-order valence-corrected chi connectivity index (χ3v) is 9.30. The minimum atomic E-state index is -1.61. The van der Waals surface area contributed by atoms with Crippen LogP contribution < -0.4 is 0 Å². The van der Waals surface area contributed by atoms with E-state index in [9.17, 15) is 19.5 Å². The van der Waals surface area contributed by atoms with Gasteiger partial charge in [0, 0.05) is 38.5 Å². The highest BCUT2D eigenvalue weighted by Crippen LogP contribution is 2.45. The second-order valence-electron chi connectivity index (χ2n) is 9.68. The highest BCUT2D eigenvalue weighted by molar-refractivity contribution is 7.90. The van der Waals surface area contributed by atoms with Crippen molar-refractivity contribution in [3.8, 4) is 39.6 Å². The molecule has 3 aromatic heterocycles. The Labute approximate surface area is 249 Å². The molecule has 0 saturated heterocycles. The van der Waals surface area contributed by atoms with E-state index in [0.717, 1.165) is 50.0 Å². The first-order chi connectivity index (χ1) is 20.4. The van der Waals surface area contributed by atoms with Gasteiger partial charge in [-0.1, -0.05) is 60.2 Å². The predicted octanol–water partition coefficient (Wildman–Crippen LogP) is 8.06. The van der Waals surface area contributed by atoms with E-state index >= 15 is 0 Å². The molecule has 0 aliphatic rings. The third-order valence-electron chi connectivity index (χ3n) is 7.09. The third kappa shape index (κ3) is 4.72. The summed E-state index contributed by atoms with van der Waals surface area (Å²) >= 11 is -0.241. The SMILES string of the molecule is Cc1ccc([S+]([O-])n2c(-c3cccc(-c4ccc(C(=O)N=O)nc4C)c3)c(-c3ccsc3C#N)c3ccccc32)cc1. The molecule has 7 nitrogen and oxygen atoms in total. The topological polar surface area (TPSA) is 111 Å². The molecule has 6 aromatic rings. The average molecular weight is 587 g/mol. The van der Waals surface area contributed by atoms with Crippen molar-refractivity contribution in [1.29, 1.82) is 5.26 Å². The number of rotatable bonds is 6. The number of thiophene rings is 1. The first-order valence-electron chi connectivity index (χ1n) is 13.0. The van der Waals surface area contributed by atoms with Crippen LogP contribution in [0, 0.1) is 30.1 Å². The fraction of sp³-hybridized carbons (Fsp3) is 0.0606. The van der Waals surface area contributed by atoms with Gasteiger partial charge in [-0.2, -0.15) is 9.23 Å². The molecule has 0 saturated carbocycles. The Balaban J connectivity index is 1.64. The number of fused-ring (bicyclic) bond motifs is 1. The number of benzene rings is 3. The smallest absolute Gasteiger partial charge is 0.334 e. The predicted molar refractivity (Wildman–Crippen MR) is 166 cm³/mol. The molecule has 0 N–H and O–H groups in total. The van der Waals surface area contributed by atoms with Crippen LogP contribution in [0.2, 0.25) is 0 Å². The van der Waals surface area contributed by atoms with Gasteiger partial charge >= 0.3 is 5.91 Å². The van der Waals surface area contributed by atoms with Crippen molar-refractivity contribution < 1.29 is 9.35 Å². The first-order valence-corrected chi connectivity index (χ1v) is 15.0. The minimum absolute atomic E-state index is 0.0141. The Morgan fingerprint density at radius 3 is 2.45 bits per heavy atom. The Bertz CT molecular complexity index is 2040. The Morgan fingerprint density at radius 2 is 1.71 bits per heavy atom. The van der Waals surface area contributed by atoms with Gasteiger partial charge in [0.05, 0.1) is 5.52 Å². The zero-order valence-electron chi connectivity index (χ0n) is 22.6. The summed E-state index contributed by atoms with van der Waals surface area (Å²) < 4.78 is 16.2. The summed E-state index contributed by atoms with van der Waals surface area (Å²) in [5.41, 5.74) is 7.12. The molecule has 1 amide bonds. The quantitative estimate of drug-likeness (QED) is 0.145. The van der Waals surface area contributed by atoms with E-state index in [1.807, 2.05) is 95.1 Å². The molecule has 0 bridgehead atoms. The number of pyridine rings is 1. The average Bonchev–Trinajstić information content (AvgIpc) is 3.63. The van der Waals surface area contributed by atoms with Crippen LogP contribution in [0.1, 0.15) is 26.6 Å². The summed E-state index contributed by atoms with van der Waals surface area (Å²) in [6.07, 6.45) is 0. The summed E-state index contributed by atoms with van der Waals surface area (Å²) in [5, 5.41) is 15.2. The highest BCUT2D eigenvalue weighted by atomic mass is 32.2. The van der Waals surface area contributed by atoms with Gasteiger partial charge in [-0.3, -0.25) is 4.79 Å². The van der Waals surface area contributed by atoms with Crippen LogP contribution in [0.4, 0.5) is 0 Å². The fourth-order valence-electron chi connectivity index (χ4n) is 5.14. The van der Waals surface area contributed by atoms with Crippen LogP contribution >= 0.6 is 11.3 Å². The van der Waals surface area contributed by atoms with Crippen molar-refractivity contribution in [2.75, 3.05) is 0 Å². The van der Waals surface area contributed by atoms with E-state index in [0.29, 0.717) is 15.5 Å². The van der Waals surface area contributed by atoms with Crippen LogP contribution in [-0.4, -0.2) is 19.4 Å². The molecule has 0 fully saturated rings. The van der Waals surface area contributed by atoms with Crippen molar-refractivity contribution in [3.63, 3.8) is 0 Å². The molecule has 3 aromatic carbocycles. The summed E-state index contributed by atoms with van der Waals surface area (Å²) in [7, 11) is 0. The number of hydrogen-bond acceptors (Lipinski definition) is 6. The van der Waals surface area contributed by atoms with E-state index in [1.54, 1.807) is 13.0 Å². The normalized spacial score (nSPS) is 11.8. The van der Waals surface area contributed by atoms with Gasteiger partial charge in [0.25, 0.3) is 0 Å². The minimum Gasteiger partial charge on any atom is -0.587 e. The molecule has 204 valence electrons. The summed E-state index contributed by atoms with van der Waals surface area (Å²) in [6.45, 7) is 3.75. The summed E-state index contributed by atoms with van der Waals surface area (Å²) in [5.74, 6) is -0.921. The number of nitroso groups, excluding NO2 is 1.